The molecule has 1 aromatic rings. The van der Waals surface area contributed by atoms with E-state index < -0.39 is 0 Å². The highest BCUT2D eigenvalue weighted by molar-refractivity contribution is 5.50. The fraction of sp³-hybridized carbons (Fsp3) is 0.417. The highest BCUT2D eigenvalue weighted by Crippen LogP contribution is 2.17. The van der Waals surface area contributed by atoms with Crippen LogP contribution in [0.5, 0.6) is 0 Å². The van der Waals surface area contributed by atoms with E-state index in [0.717, 1.165) is 18.8 Å². The Hall–Kier alpha value is -1.57. The number of hydrogen-bond donors (Lipinski definition) is 1. The third-order valence-electron chi connectivity index (χ3n) is 2.76. The average Bonchev–Trinajstić information content (AvgIpc) is 2.39. The summed E-state index contributed by atoms with van der Waals surface area (Å²) >= 11 is 0. The lowest BCUT2D eigenvalue weighted by molar-refractivity contribution is 0.0466. The Morgan fingerprint density at radius 2 is 2.19 bits per heavy atom. The monoisotopic (exact) mass is 217 g/mol. The summed E-state index contributed by atoms with van der Waals surface area (Å²) in [5.74, 6) is 0. The van der Waals surface area contributed by atoms with Crippen LogP contribution >= 0.6 is 0 Å². The molecule has 1 aliphatic rings. The van der Waals surface area contributed by atoms with Crippen LogP contribution in [0.25, 0.3) is 0 Å². The molecule has 0 spiro atoms. The molecular weight excluding hydrogens is 202 g/mol. The molecule has 4 heteroatoms. The Labute approximate surface area is 95.2 Å². The van der Waals surface area contributed by atoms with Crippen LogP contribution in [0, 0.1) is 11.3 Å². The van der Waals surface area contributed by atoms with Crippen LogP contribution in [-0.2, 0) is 4.74 Å². The van der Waals surface area contributed by atoms with Crippen molar-refractivity contribution in [1.29, 1.82) is 5.26 Å². The number of nitrogens with two attached hydrogens (primary N) is 1. The highest BCUT2D eigenvalue weighted by Gasteiger charge is 2.19. The normalized spacial score (nSPS) is 20.5. The van der Waals surface area contributed by atoms with Crippen molar-refractivity contribution in [2.75, 3.05) is 31.1 Å². The van der Waals surface area contributed by atoms with Crippen molar-refractivity contribution in [2.24, 2.45) is 5.73 Å². The van der Waals surface area contributed by atoms with Crippen LogP contribution in [0.2, 0.25) is 0 Å². The van der Waals surface area contributed by atoms with Gasteiger partial charge < -0.3 is 15.4 Å². The quantitative estimate of drug-likeness (QED) is 0.793. The molecule has 1 saturated heterocycles. The third-order valence-corrected chi connectivity index (χ3v) is 2.76. The van der Waals surface area contributed by atoms with Crippen LogP contribution in [0.1, 0.15) is 5.56 Å². The molecule has 0 bridgehead atoms. The summed E-state index contributed by atoms with van der Waals surface area (Å²) in [5, 5.41) is 8.72. The van der Waals surface area contributed by atoms with Gasteiger partial charge in [-0.3, -0.25) is 0 Å². The zero-order valence-electron chi connectivity index (χ0n) is 9.10. The van der Waals surface area contributed by atoms with Gasteiger partial charge in [0.25, 0.3) is 0 Å². The van der Waals surface area contributed by atoms with Crippen molar-refractivity contribution < 1.29 is 4.74 Å². The van der Waals surface area contributed by atoms with Crippen LogP contribution in [0.4, 0.5) is 5.69 Å². The third kappa shape index (κ3) is 2.32. The molecule has 16 heavy (non-hydrogen) atoms. The van der Waals surface area contributed by atoms with Gasteiger partial charge in [-0.15, -0.1) is 0 Å². The standard InChI is InChI=1S/C12H15N3O/c13-7-10-1-3-11(4-2-10)15-5-6-16-12(8-14)9-15/h1-4,12H,5-6,8-9,14H2. The van der Waals surface area contributed by atoms with E-state index in [9.17, 15) is 0 Å². The van der Waals surface area contributed by atoms with E-state index in [1.54, 1.807) is 0 Å². The summed E-state index contributed by atoms with van der Waals surface area (Å²) in [6.07, 6.45) is 0.115. The molecule has 1 heterocycles. The molecule has 0 radical (unpaired) electrons. The highest BCUT2D eigenvalue weighted by atomic mass is 16.5. The Morgan fingerprint density at radius 3 is 2.81 bits per heavy atom. The van der Waals surface area contributed by atoms with Gasteiger partial charge in [-0.1, -0.05) is 0 Å². The molecule has 1 atom stereocenters. The van der Waals surface area contributed by atoms with Crippen molar-refractivity contribution in [1.82, 2.24) is 0 Å². The molecule has 0 aromatic heterocycles. The molecule has 0 saturated carbocycles. The second-order valence-electron chi connectivity index (χ2n) is 3.83. The molecule has 1 fully saturated rings. The number of benzene rings is 1. The Bertz CT molecular complexity index is 382. The number of nitriles is 1. The molecule has 0 amide bonds. The summed E-state index contributed by atoms with van der Waals surface area (Å²) in [4.78, 5) is 2.24. The minimum atomic E-state index is 0.115. The predicted molar refractivity (Wildman–Crippen MR) is 62.2 cm³/mol. The van der Waals surface area contributed by atoms with E-state index in [1.807, 2.05) is 24.3 Å². The minimum Gasteiger partial charge on any atom is -0.373 e. The Kier molecular flexibility index (Phi) is 3.40. The SMILES string of the molecule is N#Cc1ccc(N2CCOC(CN)C2)cc1. The Balaban J connectivity index is 2.08. The van der Waals surface area contributed by atoms with Crippen molar-refractivity contribution >= 4 is 5.69 Å². The largest absolute Gasteiger partial charge is 0.373 e. The fourth-order valence-electron chi connectivity index (χ4n) is 1.84. The molecule has 2 N–H and O–H groups in total. The maximum absolute atomic E-state index is 8.72. The van der Waals surface area contributed by atoms with Gasteiger partial charge in [-0.25, -0.2) is 0 Å². The van der Waals surface area contributed by atoms with Gasteiger partial charge in [-0.05, 0) is 24.3 Å². The second kappa shape index (κ2) is 4.97. The maximum atomic E-state index is 8.72. The molecule has 84 valence electrons. The van der Waals surface area contributed by atoms with Gasteiger partial charge in [0, 0.05) is 25.3 Å². The number of rotatable bonds is 2. The number of nitrogens with zero attached hydrogens (tertiary/aromatic N) is 2. The smallest absolute Gasteiger partial charge is 0.0991 e. The zero-order chi connectivity index (χ0) is 11.4. The first-order valence-corrected chi connectivity index (χ1v) is 5.40. The Morgan fingerprint density at radius 1 is 1.44 bits per heavy atom. The first-order valence-electron chi connectivity index (χ1n) is 5.40. The van der Waals surface area contributed by atoms with Crippen LogP contribution in [0.3, 0.4) is 0 Å². The summed E-state index contributed by atoms with van der Waals surface area (Å²) < 4.78 is 5.50. The summed E-state index contributed by atoms with van der Waals surface area (Å²) in [7, 11) is 0. The number of anilines is 1. The fourth-order valence-corrected chi connectivity index (χ4v) is 1.84. The second-order valence-corrected chi connectivity index (χ2v) is 3.83. The molecule has 1 aliphatic heterocycles. The van der Waals surface area contributed by atoms with Crippen LogP contribution < -0.4 is 10.6 Å². The lowest BCUT2D eigenvalue weighted by Gasteiger charge is -2.34. The topological polar surface area (TPSA) is 62.3 Å². The van der Waals surface area contributed by atoms with E-state index in [-0.39, 0.29) is 6.10 Å². The lowest BCUT2D eigenvalue weighted by Crippen LogP contribution is -2.45. The molecule has 0 aliphatic carbocycles. The number of morpholine rings is 1. The average molecular weight is 217 g/mol. The van der Waals surface area contributed by atoms with E-state index in [0.29, 0.717) is 18.7 Å². The van der Waals surface area contributed by atoms with E-state index >= 15 is 0 Å². The summed E-state index contributed by atoms with van der Waals surface area (Å²) in [6, 6.07) is 9.72. The summed E-state index contributed by atoms with van der Waals surface area (Å²) in [5.41, 5.74) is 7.41. The molecule has 2 rings (SSSR count). The van der Waals surface area contributed by atoms with Crippen molar-refractivity contribution in [2.45, 2.75) is 6.10 Å². The maximum Gasteiger partial charge on any atom is 0.0991 e. The lowest BCUT2D eigenvalue weighted by atomic mass is 10.2. The van der Waals surface area contributed by atoms with Gasteiger partial charge in [-0.2, -0.15) is 5.26 Å². The van der Waals surface area contributed by atoms with Gasteiger partial charge in [0.15, 0.2) is 0 Å². The van der Waals surface area contributed by atoms with Gasteiger partial charge in [0.2, 0.25) is 0 Å². The van der Waals surface area contributed by atoms with Crippen molar-refractivity contribution in [3.8, 4) is 6.07 Å². The minimum absolute atomic E-state index is 0.115. The summed E-state index contributed by atoms with van der Waals surface area (Å²) in [6.45, 7) is 2.96. The van der Waals surface area contributed by atoms with Gasteiger partial charge in [0.05, 0.1) is 24.3 Å². The van der Waals surface area contributed by atoms with Crippen molar-refractivity contribution in [3.05, 3.63) is 29.8 Å². The first-order chi connectivity index (χ1) is 7.83. The molecule has 1 aromatic carbocycles. The zero-order valence-corrected chi connectivity index (χ0v) is 9.10. The number of hydrogen-bond acceptors (Lipinski definition) is 4. The van der Waals surface area contributed by atoms with Crippen LogP contribution in [0.15, 0.2) is 24.3 Å². The van der Waals surface area contributed by atoms with Gasteiger partial charge >= 0.3 is 0 Å². The first kappa shape index (κ1) is 10.9. The molecule has 4 nitrogen and oxygen atoms in total. The van der Waals surface area contributed by atoms with E-state index in [2.05, 4.69) is 11.0 Å². The van der Waals surface area contributed by atoms with Crippen molar-refractivity contribution in [3.63, 3.8) is 0 Å². The van der Waals surface area contributed by atoms with Crippen LogP contribution in [-0.4, -0.2) is 32.3 Å². The van der Waals surface area contributed by atoms with E-state index in [1.165, 1.54) is 0 Å². The molecule has 1 unspecified atom stereocenters. The van der Waals surface area contributed by atoms with Gasteiger partial charge in [0.1, 0.15) is 0 Å². The van der Waals surface area contributed by atoms with E-state index in [4.69, 9.17) is 15.7 Å². The number of ether oxygens (including phenoxy) is 1. The molecular formula is C12H15N3O. The predicted octanol–water partition coefficient (Wildman–Crippen LogP) is 0.722.